The van der Waals surface area contributed by atoms with Gasteiger partial charge in [-0.3, -0.25) is 9.59 Å². The minimum absolute atomic E-state index is 0.103. The van der Waals surface area contributed by atoms with Crippen molar-refractivity contribution in [1.82, 2.24) is 0 Å². The number of carboxylic acid groups (broad SMARTS) is 1. The van der Waals surface area contributed by atoms with E-state index in [4.69, 9.17) is 10.2 Å². The van der Waals surface area contributed by atoms with Crippen molar-refractivity contribution in [2.75, 3.05) is 0 Å². The number of rotatable bonds is 4. The van der Waals surface area contributed by atoms with E-state index in [1.165, 1.54) is 6.92 Å². The Morgan fingerprint density at radius 2 is 1.71 bits per heavy atom. The maximum absolute atomic E-state index is 11.5. The largest absolute Gasteiger partial charge is 0.481 e. The van der Waals surface area contributed by atoms with Gasteiger partial charge in [0.2, 0.25) is 0 Å². The standard InChI is InChI=1S/C10H18O4/c1-6(11)5-7(12)8(9(13)14)10(2,3)4/h6,8,11H,5H2,1-4H3,(H,13,14)/t6?,8-/m1/s1. The molecular weight excluding hydrogens is 184 g/mol. The Bertz CT molecular complexity index is 225. The van der Waals surface area contributed by atoms with Gasteiger partial charge in [0.25, 0.3) is 0 Å². The highest BCUT2D eigenvalue weighted by Crippen LogP contribution is 2.28. The zero-order valence-corrected chi connectivity index (χ0v) is 9.07. The summed E-state index contributed by atoms with van der Waals surface area (Å²) in [7, 11) is 0. The maximum Gasteiger partial charge on any atom is 0.314 e. The lowest BCUT2D eigenvalue weighted by Crippen LogP contribution is -2.36. The van der Waals surface area contributed by atoms with Crippen LogP contribution in [0.3, 0.4) is 0 Å². The van der Waals surface area contributed by atoms with E-state index in [1.807, 2.05) is 0 Å². The molecule has 0 heterocycles. The first-order valence-corrected chi connectivity index (χ1v) is 4.60. The van der Waals surface area contributed by atoms with Gasteiger partial charge in [-0.1, -0.05) is 20.8 Å². The van der Waals surface area contributed by atoms with Crippen LogP contribution in [0.4, 0.5) is 0 Å². The number of carbonyl (C=O) groups excluding carboxylic acids is 1. The first kappa shape index (κ1) is 13.1. The predicted molar refractivity (Wildman–Crippen MR) is 51.9 cm³/mol. The van der Waals surface area contributed by atoms with Crippen LogP contribution in [0.1, 0.15) is 34.1 Å². The van der Waals surface area contributed by atoms with Crippen molar-refractivity contribution in [3.05, 3.63) is 0 Å². The first-order chi connectivity index (χ1) is 6.16. The maximum atomic E-state index is 11.5. The highest BCUT2D eigenvalue weighted by molar-refractivity contribution is 5.99. The van der Waals surface area contributed by atoms with Crippen LogP contribution in [0.2, 0.25) is 0 Å². The molecule has 0 aliphatic heterocycles. The van der Waals surface area contributed by atoms with E-state index in [0.717, 1.165) is 0 Å². The summed E-state index contributed by atoms with van der Waals surface area (Å²) < 4.78 is 0. The third kappa shape index (κ3) is 3.87. The van der Waals surface area contributed by atoms with Crippen LogP contribution in [-0.2, 0) is 9.59 Å². The van der Waals surface area contributed by atoms with E-state index in [-0.39, 0.29) is 6.42 Å². The number of aliphatic carboxylic acids is 1. The summed E-state index contributed by atoms with van der Waals surface area (Å²) in [6, 6.07) is 0. The SMILES string of the molecule is CC(O)CC(=O)[C@H](C(=O)O)C(C)(C)C. The van der Waals surface area contributed by atoms with E-state index < -0.39 is 29.2 Å². The van der Waals surface area contributed by atoms with Crippen molar-refractivity contribution in [1.29, 1.82) is 0 Å². The summed E-state index contributed by atoms with van der Waals surface area (Å²) in [6.07, 6.45) is -0.888. The Hall–Kier alpha value is -0.900. The molecule has 2 N–H and O–H groups in total. The van der Waals surface area contributed by atoms with Gasteiger partial charge < -0.3 is 10.2 Å². The fourth-order valence-electron chi connectivity index (χ4n) is 1.40. The average molecular weight is 202 g/mol. The zero-order chi connectivity index (χ0) is 11.5. The van der Waals surface area contributed by atoms with E-state index in [0.29, 0.717) is 0 Å². The monoisotopic (exact) mass is 202 g/mol. The molecule has 0 radical (unpaired) electrons. The van der Waals surface area contributed by atoms with Gasteiger partial charge in [-0.2, -0.15) is 0 Å². The van der Waals surface area contributed by atoms with Crippen LogP contribution in [0.15, 0.2) is 0 Å². The molecule has 0 fully saturated rings. The molecule has 0 aliphatic carbocycles. The lowest BCUT2D eigenvalue weighted by molar-refractivity contribution is -0.151. The summed E-state index contributed by atoms with van der Waals surface area (Å²) in [5, 5.41) is 17.9. The van der Waals surface area contributed by atoms with Crippen molar-refractivity contribution in [3.63, 3.8) is 0 Å². The van der Waals surface area contributed by atoms with Gasteiger partial charge in [-0.25, -0.2) is 0 Å². The number of carbonyl (C=O) groups is 2. The summed E-state index contributed by atoms with van der Waals surface area (Å²) >= 11 is 0. The Morgan fingerprint density at radius 3 is 1.93 bits per heavy atom. The van der Waals surface area contributed by atoms with Crippen molar-refractivity contribution >= 4 is 11.8 Å². The Morgan fingerprint density at radius 1 is 1.29 bits per heavy atom. The van der Waals surface area contributed by atoms with Gasteiger partial charge in [0.15, 0.2) is 0 Å². The van der Waals surface area contributed by atoms with Crippen LogP contribution in [0.5, 0.6) is 0 Å². The summed E-state index contributed by atoms with van der Waals surface area (Å²) in [4.78, 5) is 22.4. The fourth-order valence-corrected chi connectivity index (χ4v) is 1.40. The predicted octanol–water partition coefficient (Wildman–Crippen LogP) is 1.07. The van der Waals surface area contributed by atoms with Crippen molar-refractivity contribution in [3.8, 4) is 0 Å². The topological polar surface area (TPSA) is 74.6 Å². The second-order valence-corrected chi connectivity index (χ2v) is 4.66. The number of hydrogen-bond donors (Lipinski definition) is 2. The molecule has 0 spiro atoms. The van der Waals surface area contributed by atoms with Crippen LogP contribution in [-0.4, -0.2) is 28.1 Å². The highest BCUT2D eigenvalue weighted by Gasteiger charge is 2.37. The summed E-state index contributed by atoms with van der Waals surface area (Å²) in [6.45, 7) is 6.57. The van der Waals surface area contributed by atoms with Gasteiger partial charge in [-0.05, 0) is 12.3 Å². The second-order valence-electron chi connectivity index (χ2n) is 4.66. The van der Waals surface area contributed by atoms with E-state index >= 15 is 0 Å². The number of aliphatic hydroxyl groups is 1. The number of carboxylic acids is 1. The van der Waals surface area contributed by atoms with Crippen LogP contribution in [0.25, 0.3) is 0 Å². The van der Waals surface area contributed by atoms with Gasteiger partial charge in [0, 0.05) is 6.42 Å². The number of ketones is 1. The molecule has 4 heteroatoms. The van der Waals surface area contributed by atoms with E-state index in [9.17, 15) is 9.59 Å². The minimum atomic E-state index is -1.12. The third-order valence-electron chi connectivity index (χ3n) is 1.93. The molecule has 0 saturated carbocycles. The summed E-state index contributed by atoms with van der Waals surface area (Å²) in [5.41, 5.74) is -0.613. The van der Waals surface area contributed by atoms with Crippen molar-refractivity contribution < 1.29 is 19.8 Å². The minimum Gasteiger partial charge on any atom is -0.481 e. The molecular formula is C10H18O4. The van der Waals surface area contributed by atoms with Gasteiger partial charge in [-0.15, -0.1) is 0 Å². The molecule has 0 aromatic carbocycles. The van der Waals surface area contributed by atoms with Gasteiger partial charge >= 0.3 is 5.97 Å². The van der Waals surface area contributed by atoms with Crippen LogP contribution < -0.4 is 0 Å². The third-order valence-corrected chi connectivity index (χ3v) is 1.93. The van der Waals surface area contributed by atoms with Crippen molar-refractivity contribution in [2.24, 2.45) is 11.3 Å². The molecule has 0 bridgehead atoms. The smallest absolute Gasteiger partial charge is 0.314 e. The molecule has 0 rings (SSSR count). The van der Waals surface area contributed by atoms with E-state index in [2.05, 4.69) is 0 Å². The Balaban J connectivity index is 4.68. The molecule has 14 heavy (non-hydrogen) atoms. The Labute approximate surface area is 83.9 Å². The molecule has 0 aromatic rings. The average Bonchev–Trinajstić information content (AvgIpc) is 1.78. The lowest BCUT2D eigenvalue weighted by atomic mass is 9.77. The quantitative estimate of drug-likeness (QED) is 0.669. The number of Topliss-reactive ketones (excluding diaryl/α,β-unsaturated/α-hetero) is 1. The Kier molecular flexibility index (Phi) is 4.26. The number of hydrogen-bond acceptors (Lipinski definition) is 3. The van der Waals surface area contributed by atoms with Crippen molar-refractivity contribution in [2.45, 2.75) is 40.2 Å². The number of aliphatic hydroxyl groups excluding tert-OH is 1. The van der Waals surface area contributed by atoms with Gasteiger partial charge in [0.05, 0.1) is 6.10 Å². The second kappa shape index (κ2) is 4.55. The van der Waals surface area contributed by atoms with Crippen LogP contribution in [0, 0.1) is 11.3 Å². The fraction of sp³-hybridized carbons (Fsp3) is 0.800. The molecule has 1 unspecified atom stereocenters. The molecule has 0 aromatic heterocycles. The molecule has 0 aliphatic rings. The first-order valence-electron chi connectivity index (χ1n) is 4.60. The molecule has 0 saturated heterocycles. The van der Waals surface area contributed by atoms with Crippen LogP contribution >= 0.6 is 0 Å². The molecule has 2 atom stereocenters. The zero-order valence-electron chi connectivity index (χ0n) is 9.07. The molecule has 4 nitrogen and oxygen atoms in total. The normalized spacial score (nSPS) is 16.1. The van der Waals surface area contributed by atoms with E-state index in [1.54, 1.807) is 20.8 Å². The lowest BCUT2D eigenvalue weighted by Gasteiger charge is -2.26. The molecule has 0 amide bonds. The molecule has 82 valence electrons. The highest BCUT2D eigenvalue weighted by atomic mass is 16.4. The van der Waals surface area contributed by atoms with Gasteiger partial charge in [0.1, 0.15) is 11.7 Å². The summed E-state index contributed by atoms with van der Waals surface area (Å²) in [5.74, 6) is -2.58.